The number of likely N-dealkylation sites (tertiary alicyclic amines) is 1. The first-order chi connectivity index (χ1) is 17.4. The lowest BCUT2D eigenvalue weighted by Crippen LogP contribution is -2.49. The van der Waals surface area contributed by atoms with Gasteiger partial charge in [-0.2, -0.15) is 0 Å². The van der Waals surface area contributed by atoms with E-state index in [9.17, 15) is 18.0 Å². The molecule has 1 amide bonds. The fraction of sp³-hybridized carbons (Fsp3) is 0.214. The van der Waals surface area contributed by atoms with E-state index < -0.39 is 10.0 Å². The van der Waals surface area contributed by atoms with Gasteiger partial charge in [0, 0.05) is 36.8 Å². The van der Waals surface area contributed by atoms with E-state index in [0.29, 0.717) is 25.2 Å². The van der Waals surface area contributed by atoms with Crippen LogP contribution in [0.2, 0.25) is 0 Å². The molecule has 7 nitrogen and oxygen atoms in total. The maximum absolute atomic E-state index is 13.4. The van der Waals surface area contributed by atoms with Crippen LogP contribution < -0.4 is 10.3 Å². The second kappa shape index (κ2) is 8.64. The number of hydrogen-bond acceptors (Lipinski definition) is 4. The number of rotatable bonds is 4. The van der Waals surface area contributed by atoms with Gasteiger partial charge in [-0.05, 0) is 59.5 Å². The van der Waals surface area contributed by atoms with Crippen LogP contribution in [0.1, 0.15) is 28.4 Å². The Hall–Kier alpha value is -3.91. The van der Waals surface area contributed by atoms with Gasteiger partial charge in [-0.25, -0.2) is 8.42 Å². The molecule has 0 radical (unpaired) electrons. The quantitative estimate of drug-likeness (QED) is 0.459. The first-order valence-corrected chi connectivity index (χ1v) is 13.5. The van der Waals surface area contributed by atoms with Crippen LogP contribution in [0.25, 0.3) is 10.8 Å². The van der Waals surface area contributed by atoms with Crippen LogP contribution in [0.4, 0.5) is 5.69 Å². The van der Waals surface area contributed by atoms with E-state index in [0.717, 1.165) is 22.9 Å². The van der Waals surface area contributed by atoms with E-state index in [-0.39, 0.29) is 33.9 Å². The molecule has 0 spiro atoms. The zero-order valence-corrected chi connectivity index (χ0v) is 20.3. The Labute approximate surface area is 209 Å². The summed E-state index contributed by atoms with van der Waals surface area (Å²) in [5.74, 6) is 0.146. The highest BCUT2D eigenvalue weighted by atomic mass is 32.2. The van der Waals surface area contributed by atoms with E-state index in [4.69, 9.17) is 0 Å². The molecule has 182 valence electrons. The van der Waals surface area contributed by atoms with Crippen LogP contribution in [-0.4, -0.2) is 36.9 Å². The highest BCUT2D eigenvalue weighted by molar-refractivity contribution is 7.92. The third kappa shape index (κ3) is 3.97. The van der Waals surface area contributed by atoms with Crippen molar-refractivity contribution in [2.24, 2.45) is 5.92 Å². The van der Waals surface area contributed by atoms with Crippen molar-refractivity contribution < 1.29 is 13.2 Å². The molecule has 0 saturated carbocycles. The largest absolute Gasteiger partial charge is 0.338 e. The number of piperidine rings is 1. The molecule has 2 aliphatic rings. The lowest BCUT2D eigenvalue weighted by atomic mass is 9.83. The van der Waals surface area contributed by atoms with Gasteiger partial charge in [-0.15, -0.1) is 0 Å². The van der Waals surface area contributed by atoms with Crippen LogP contribution >= 0.6 is 0 Å². The average molecular weight is 500 g/mol. The van der Waals surface area contributed by atoms with E-state index in [1.807, 2.05) is 53.4 Å². The van der Waals surface area contributed by atoms with Gasteiger partial charge < -0.3 is 9.47 Å². The molecule has 3 heterocycles. The topological polar surface area (TPSA) is 88.5 Å². The molecule has 1 N–H and O–H groups in total. The zero-order chi connectivity index (χ0) is 24.9. The van der Waals surface area contributed by atoms with E-state index in [1.165, 1.54) is 12.1 Å². The minimum atomic E-state index is -3.86. The maximum Gasteiger partial charge on any atom is 0.275 e. The van der Waals surface area contributed by atoms with Crippen molar-refractivity contribution in [1.82, 2.24) is 9.47 Å². The van der Waals surface area contributed by atoms with Gasteiger partial charge in [0.2, 0.25) is 0 Å². The Kier molecular flexibility index (Phi) is 5.41. The number of benzene rings is 3. The zero-order valence-electron chi connectivity index (χ0n) is 19.5. The molecule has 2 unspecified atom stereocenters. The molecule has 1 fully saturated rings. The number of anilines is 1. The van der Waals surface area contributed by atoms with Gasteiger partial charge in [0.05, 0.1) is 4.90 Å². The van der Waals surface area contributed by atoms with Crippen molar-refractivity contribution in [1.29, 1.82) is 0 Å². The number of pyridine rings is 1. The van der Waals surface area contributed by atoms with Crippen molar-refractivity contribution in [2.75, 3.05) is 17.8 Å². The highest BCUT2D eigenvalue weighted by Gasteiger charge is 2.37. The number of fused-ring (bicyclic) bond motifs is 5. The molecule has 2 aliphatic heterocycles. The summed E-state index contributed by atoms with van der Waals surface area (Å²) >= 11 is 0. The summed E-state index contributed by atoms with van der Waals surface area (Å²) in [5, 5.41) is 2.12. The predicted molar refractivity (Wildman–Crippen MR) is 139 cm³/mol. The second-order valence-electron chi connectivity index (χ2n) is 9.58. The maximum atomic E-state index is 13.4. The van der Waals surface area contributed by atoms with Gasteiger partial charge in [0.1, 0.15) is 5.69 Å². The van der Waals surface area contributed by atoms with Gasteiger partial charge in [-0.1, -0.05) is 48.5 Å². The summed E-state index contributed by atoms with van der Waals surface area (Å²) in [6.07, 6.45) is 0.899. The molecule has 6 rings (SSSR count). The summed E-state index contributed by atoms with van der Waals surface area (Å²) < 4.78 is 29.6. The Morgan fingerprint density at radius 3 is 2.39 bits per heavy atom. The van der Waals surface area contributed by atoms with Crippen LogP contribution in [-0.2, 0) is 16.6 Å². The van der Waals surface area contributed by atoms with Gasteiger partial charge in [0.25, 0.3) is 21.5 Å². The number of nitrogens with one attached hydrogen (secondary N) is 1. The summed E-state index contributed by atoms with van der Waals surface area (Å²) in [4.78, 5) is 28.6. The number of hydrogen-bond donors (Lipinski definition) is 1. The summed E-state index contributed by atoms with van der Waals surface area (Å²) in [5.41, 5.74) is 1.19. The first kappa shape index (κ1) is 22.5. The number of amides is 1. The van der Waals surface area contributed by atoms with Crippen molar-refractivity contribution >= 4 is 32.4 Å². The fourth-order valence-electron chi connectivity index (χ4n) is 5.50. The fourth-order valence-corrected chi connectivity index (χ4v) is 6.58. The summed E-state index contributed by atoms with van der Waals surface area (Å²) in [7, 11) is -3.86. The Bertz CT molecular complexity index is 1650. The smallest absolute Gasteiger partial charge is 0.275 e. The Balaban J connectivity index is 1.26. The monoisotopic (exact) mass is 499 g/mol. The number of aromatic nitrogens is 1. The van der Waals surface area contributed by atoms with E-state index in [2.05, 4.69) is 4.72 Å². The molecule has 4 aromatic rings. The molecule has 8 heteroatoms. The molecule has 2 atom stereocenters. The molecule has 1 saturated heterocycles. The Morgan fingerprint density at radius 1 is 0.833 bits per heavy atom. The summed E-state index contributed by atoms with van der Waals surface area (Å²) in [6, 6.07) is 25.1. The molecular weight excluding hydrogens is 474 g/mol. The highest BCUT2D eigenvalue weighted by Crippen LogP contribution is 2.36. The lowest BCUT2D eigenvalue weighted by molar-refractivity contribution is 0.0595. The minimum absolute atomic E-state index is 0.00140. The first-order valence-electron chi connectivity index (χ1n) is 12.0. The van der Waals surface area contributed by atoms with Gasteiger partial charge >= 0.3 is 0 Å². The number of carbonyl (C=O) groups excluding carboxylic acids is 1. The minimum Gasteiger partial charge on any atom is -0.338 e. The molecule has 36 heavy (non-hydrogen) atoms. The number of carbonyl (C=O) groups is 1. The number of sulfonamides is 1. The normalized spacial score (nSPS) is 19.1. The van der Waals surface area contributed by atoms with Crippen LogP contribution in [0.5, 0.6) is 0 Å². The van der Waals surface area contributed by atoms with Crippen molar-refractivity contribution in [3.05, 3.63) is 107 Å². The van der Waals surface area contributed by atoms with Gasteiger partial charge in [-0.3, -0.25) is 14.3 Å². The van der Waals surface area contributed by atoms with Crippen molar-refractivity contribution in [2.45, 2.75) is 23.8 Å². The standard InChI is InChI=1S/C28H25N3O4S/c32-27(22-11-10-20-6-4-5-7-21(20)15-22)30-16-19-14-23(18-30)26-13-12-25(28(33)31(26)17-19)29-36(34,35)24-8-2-1-3-9-24/h1-13,15,19,23,29H,14,16-18H2. The molecule has 2 bridgehead atoms. The van der Waals surface area contributed by atoms with Crippen molar-refractivity contribution in [3.63, 3.8) is 0 Å². The molecule has 1 aromatic heterocycles. The van der Waals surface area contributed by atoms with E-state index >= 15 is 0 Å². The van der Waals surface area contributed by atoms with Crippen LogP contribution in [0.3, 0.4) is 0 Å². The van der Waals surface area contributed by atoms with E-state index in [1.54, 1.807) is 28.8 Å². The van der Waals surface area contributed by atoms with Crippen LogP contribution in [0, 0.1) is 5.92 Å². The SMILES string of the molecule is O=C(c1ccc2ccccc2c1)N1CC2CC(C1)c1ccc(NS(=O)(=O)c3ccccc3)c(=O)n1C2. The Morgan fingerprint density at radius 2 is 1.58 bits per heavy atom. The molecular formula is C28H25N3O4S. The second-order valence-corrected chi connectivity index (χ2v) is 11.3. The van der Waals surface area contributed by atoms with Gasteiger partial charge in [0.15, 0.2) is 0 Å². The predicted octanol–water partition coefficient (Wildman–Crippen LogP) is 4.06. The lowest BCUT2D eigenvalue weighted by Gasteiger charge is -2.43. The molecule has 3 aromatic carbocycles. The third-order valence-corrected chi connectivity index (χ3v) is 8.57. The van der Waals surface area contributed by atoms with Crippen molar-refractivity contribution in [3.8, 4) is 0 Å². The molecule has 0 aliphatic carbocycles. The van der Waals surface area contributed by atoms with Crippen LogP contribution in [0.15, 0.2) is 94.6 Å². The summed E-state index contributed by atoms with van der Waals surface area (Å²) in [6.45, 7) is 1.54. The third-order valence-electron chi connectivity index (χ3n) is 7.19. The average Bonchev–Trinajstić information content (AvgIpc) is 2.90. The number of nitrogens with zero attached hydrogens (tertiary/aromatic N) is 2.